The first kappa shape index (κ1) is 21.1. The van der Waals surface area contributed by atoms with Crippen LogP contribution in [0.25, 0.3) is 0 Å². The van der Waals surface area contributed by atoms with Gasteiger partial charge in [0.2, 0.25) is 0 Å². The zero-order chi connectivity index (χ0) is 12.7. The quantitative estimate of drug-likeness (QED) is 0.594. The van der Waals surface area contributed by atoms with Gasteiger partial charge in [-0.05, 0) is 12.3 Å². The molecule has 0 unspecified atom stereocenters. The molecular weight excluding hydrogens is 258 g/mol. The van der Waals surface area contributed by atoms with Crippen molar-refractivity contribution in [2.24, 2.45) is 5.92 Å². The van der Waals surface area contributed by atoms with Gasteiger partial charge in [-0.3, -0.25) is 0 Å². The summed E-state index contributed by atoms with van der Waals surface area (Å²) in [6.45, 7) is 4.83. The first-order valence-electron chi connectivity index (χ1n) is 4.98. The Hall–Kier alpha value is 0.790. The van der Waals surface area contributed by atoms with E-state index in [-0.39, 0.29) is 0 Å². The summed E-state index contributed by atoms with van der Waals surface area (Å²) in [6, 6.07) is 0. The van der Waals surface area contributed by atoms with E-state index in [0.717, 1.165) is 19.4 Å². The highest BCUT2D eigenvalue weighted by molar-refractivity contribution is 6.63. The molecule has 2 N–H and O–H groups in total. The number of aliphatic hydroxyl groups is 2. The van der Waals surface area contributed by atoms with Crippen LogP contribution in [0.4, 0.5) is 0 Å². The Labute approximate surface area is 109 Å². The highest BCUT2D eigenvalue weighted by Crippen LogP contribution is 2.07. The third-order valence-corrected chi connectivity index (χ3v) is 1.44. The van der Waals surface area contributed by atoms with Crippen LogP contribution in [-0.4, -0.2) is 28.2 Å². The number of halogens is 3. The number of aliphatic hydroxyl groups excluding tert-OH is 2. The molecule has 15 heavy (non-hydrogen) atoms. The molecular formula is C10H23Cl3O2. The van der Waals surface area contributed by atoms with E-state index in [0.29, 0.717) is 6.61 Å². The lowest BCUT2D eigenvalue weighted by atomic mass is 10.1. The highest BCUT2D eigenvalue weighted by atomic mass is 35.6. The van der Waals surface area contributed by atoms with Crippen LogP contribution < -0.4 is 0 Å². The average molecular weight is 282 g/mol. The summed E-state index contributed by atoms with van der Waals surface area (Å²) in [5.74, 6) is 0.823. The average Bonchev–Trinajstić information content (AvgIpc) is 2.15. The second kappa shape index (κ2) is 20.2. The van der Waals surface area contributed by atoms with E-state index >= 15 is 0 Å². The first-order chi connectivity index (χ1) is 7.00. The van der Waals surface area contributed by atoms with Crippen molar-refractivity contribution in [2.45, 2.75) is 43.8 Å². The van der Waals surface area contributed by atoms with Crippen molar-refractivity contribution in [3.05, 3.63) is 0 Å². The minimum Gasteiger partial charge on any atom is -0.400 e. The molecule has 0 aliphatic carbocycles. The minimum absolute atomic E-state index is 0.359. The molecule has 96 valence electrons. The lowest BCUT2D eigenvalue weighted by Gasteiger charge is -2.01. The summed E-state index contributed by atoms with van der Waals surface area (Å²) in [5, 5.41) is 15.4. The Balaban J connectivity index is -0.000000202. The minimum atomic E-state index is -0.750. The van der Waals surface area contributed by atoms with E-state index in [2.05, 4.69) is 13.8 Å². The molecule has 0 atom stereocenters. The maximum atomic E-state index is 8.43. The monoisotopic (exact) mass is 280 g/mol. The molecule has 0 aromatic rings. The molecule has 2 nitrogen and oxygen atoms in total. The van der Waals surface area contributed by atoms with E-state index < -0.39 is 4.30 Å². The maximum absolute atomic E-state index is 8.43. The normalized spacial score (nSPS) is 9.20. The van der Waals surface area contributed by atoms with Crippen molar-refractivity contribution < 1.29 is 10.2 Å². The maximum Gasteiger partial charge on any atom is 0.180 e. The fraction of sp³-hybridized carbons (Fsp3) is 1.00. The van der Waals surface area contributed by atoms with Crippen LogP contribution in [0, 0.1) is 5.92 Å². The van der Waals surface area contributed by atoms with Crippen LogP contribution in [0.3, 0.4) is 0 Å². The summed E-state index contributed by atoms with van der Waals surface area (Å²) in [6.07, 6.45) is 4.75. The molecule has 0 saturated carbocycles. The number of hydrogen-bond acceptors (Lipinski definition) is 2. The molecule has 0 aliphatic heterocycles. The number of unbranched alkanes of at least 4 members (excludes halogenated alkanes) is 2. The topological polar surface area (TPSA) is 40.5 Å². The Morgan fingerprint density at radius 3 is 1.60 bits per heavy atom. The van der Waals surface area contributed by atoms with E-state index in [1.165, 1.54) is 19.3 Å². The van der Waals surface area contributed by atoms with Gasteiger partial charge in [0.15, 0.2) is 4.30 Å². The van der Waals surface area contributed by atoms with Gasteiger partial charge in [0.05, 0.1) is 0 Å². The lowest BCUT2D eigenvalue weighted by molar-refractivity contribution is 0.281. The van der Waals surface area contributed by atoms with Crippen LogP contribution in [0.2, 0.25) is 0 Å². The SMILES string of the molecule is CC(C)CCCCCO.CO.ClC(Cl)Cl. The van der Waals surface area contributed by atoms with E-state index in [1.807, 2.05) is 0 Å². The Morgan fingerprint density at radius 1 is 0.933 bits per heavy atom. The molecule has 0 spiro atoms. The Bertz CT molecular complexity index is 88.0. The summed E-state index contributed by atoms with van der Waals surface area (Å²) in [5.41, 5.74) is 0. The standard InChI is InChI=1S/C8H18O.CHCl3.CH4O/c1-8(2)6-4-3-5-7-9;2-1(3)4;1-2/h8-9H,3-7H2,1-2H3;1H;2H,1H3. The second-order valence-corrected chi connectivity index (χ2v) is 5.19. The van der Waals surface area contributed by atoms with Gasteiger partial charge >= 0.3 is 0 Å². The van der Waals surface area contributed by atoms with Gasteiger partial charge in [-0.15, -0.1) is 0 Å². The van der Waals surface area contributed by atoms with Crippen LogP contribution in [-0.2, 0) is 0 Å². The first-order valence-corrected chi connectivity index (χ1v) is 6.29. The van der Waals surface area contributed by atoms with Gasteiger partial charge < -0.3 is 10.2 Å². The number of alkyl halides is 3. The summed E-state index contributed by atoms with van der Waals surface area (Å²) >= 11 is 14.4. The molecule has 5 heteroatoms. The molecule has 0 bridgehead atoms. The van der Waals surface area contributed by atoms with Crippen molar-refractivity contribution in [1.82, 2.24) is 0 Å². The fourth-order valence-corrected chi connectivity index (χ4v) is 0.841. The van der Waals surface area contributed by atoms with Crippen LogP contribution in [0.5, 0.6) is 0 Å². The molecule has 0 heterocycles. The van der Waals surface area contributed by atoms with Crippen molar-refractivity contribution in [3.8, 4) is 0 Å². The molecule has 0 aromatic carbocycles. The summed E-state index contributed by atoms with van der Waals surface area (Å²) < 4.78 is -0.750. The number of hydrogen-bond donors (Lipinski definition) is 2. The number of rotatable bonds is 5. The molecule has 0 saturated heterocycles. The third kappa shape index (κ3) is 52.5. The largest absolute Gasteiger partial charge is 0.400 e. The zero-order valence-corrected chi connectivity index (χ0v) is 12.0. The molecule has 0 aliphatic rings. The van der Waals surface area contributed by atoms with E-state index in [9.17, 15) is 0 Å². The molecule has 0 rings (SSSR count). The third-order valence-electron chi connectivity index (χ3n) is 1.44. The van der Waals surface area contributed by atoms with Gasteiger partial charge in [0, 0.05) is 13.7 Å². The van der Waals surface area contributed by atoms with E-state index in [1.54, 1.807) is 0 Å². The van der Waals surface area contributed by atoms with Crippen LogP contribution in [0.15, 0.2) is 0 Å². The van der Waals surface area contributed by atoms with E-state index in [4.69, 9.17) is 45.0 Å². The van der Waals surface area contributed by atoms with Gasteiger partial charge in [-0.25, -0.2) is 0 Å². The zero-order valence-electron chi connectivity index (χ0n) is 9.72. The predicted molar refractivity (Wildman–Crippen MR) is 69.9 cm³/mol. The van der Waals surface area contributed by atoms with Gasteiger partial charge in [-0.2, -0.15) is 0 Å². The van der Waals surface area contributed by atoms with Crippen LogP contribution >= 0.6 is 34.8 Å². The smallest absolute Gasteiger partial charge is 0.180 e. The molecule has 0 fully saturated rings. The Morgan fingerprint density at radius 2 is 1.33 bits per heavy atom. The summed E-state index contributed by atoms with van der Waals surface area (Å²) in [4.78, 5) is 0. The predicted octanol–water partition coefficient (Wildman–Crippen LogP) is 3.79. The van der Waals surface area contributed by atoms with Crippen LogP contribution in [0.1, 0.15) is 39.5 Å². The molecule has 0 amide bonds. The molecule has 0 radical (unpaired) electrons. The van der Waals surface area contributed by atoms with Gasteiger partial charge in [0.1, 0.15) is 0 Å². The fourth-order valence-electron chi connectivity index (χ4n) is 0.841. The van der Waals surface area contributed by atoms with Crippen molar-refractivity contribution >= 4 is 34.8 Å². The lowest BCUT2D eigenvalue weighted by Crippen LogP contribution is -1.88. The van der Waals surface area contributed by atoms with Crippen molar-refractivity contribution in [1.29, 1.82) is 0 Å². The summed E-state index contributed by atoms with van der Waals surface area (Å²) in [7, 11) is 1.00. The van der Waals surface area contributed by atoms with Gasteiger partial charge in [-0.1, -0.05) is 67.9 Å². The highest BCUT2D eigenvalue weighted by Gasteiger charge is 1.92. The Kier molecular flexibility index (Phi) is 28.5. The van der Waals surface area contributed by atoms with Gasteiger partial charge in [0.25, 0.3) is 0 Å². The van der Waals surface area contributed by atoms with Crippen molar-refractivity contribution in [2.75, 3.05) is 13.7 Å². The second-order valence-electron chi connectivity index (χ2n) is 3.21. The molecule has 0 aromatic heterocycles. The van der Waals surface area contributed by atoms with Crippen molar-refractivity contribution in [3.63, 3.8) is 0 Å².